The second kappa shape index (κ2) is 4.76. The van der Waals surface area contributed by atoms with Gasteiger partial charge in [0.05, 0.1) is 6.17 Å². The monoisotopic (exact) mass is 309 g/mol. The molecule has 2 N–H and O–H groups in total. The second-order valence-electron chi connectivity index (χ2n) is 6.86. The summed E-state index contributed by atoms with van der Waals surface area (Å²) in [5.41, 5.74) is 6.21. The third-order valence-corrected chi connectivity index (χ3v) is 5.68. The predicted octanol–water partition coefficient (Wildman–Crippen LogP) is 2.82. The molecule has 1 aromatic rings. The fraction of sp³-hybridized carbons (Fsp3) is 0.444. The number of fused-ring (bicyclic) bond motifs is 2. The second-order valence-corrected chi connectivity index (χ2v) is 6.86. The summed E-state index contributed by atoms with van der Waals surface area (Å²) in [5.74, 6) is 0.0534. The average molecular weight is 309 g/mol. The van der Waals surface area contributed by atoms with Gasteiger partial charge in [0.2, 0.25) is 0 Å². The molecular weight excluding hydrogens is 290 g/mol. The van der Waals surface area contributed by atoms with Crippen LogP contribution in [0.4, 0.5) is 5.69 Å². The first-order chi connectivity index (χ1) is 11.3. The van der Waals surface area contributed by atoms with Gasteiger partial charge in [-0.2, -0.15) is 0 Å². The minimum absolute atomic E-state index is 0.0534. The number of nitrogens with zero attached hydrogens (tertiary/aromatic N) is 2. The van der Waals surface area contributed by atoms with Crippen LogP contribution in [-0.4, -0.2) is 35.3 Å². The highest BCUT2D eigenvalue weighted by Gasteiger charge is 2.43. The van der Waals surface area contributed by atoms with Crippen LogP contribution in [0, 0.1) is 4.91 Å². The minimum Gasteiger partial charge on any atom is -0.505 e. The first-order valence-corrected chi connectivity index (χ1v) is 8.38. The molecule has 0 amide bonds. The van der Waals surface area contributed by atoms with Crippen molar-refractivity contribution in [3.63, 3.8) is 0 Å². The first kappa shape index (κ1) is 13.5. The number of benzene rings is 1. The van der Waals surface area contributed by atoms with Crippen LogP contribution in [0.25, 0.3) is 5.57 Å². The lowest BCUT2D eigenvalue weighted by Gasteiger charge is -2.44. The molecule has 1 saturated heterocycles. The Bertz CT molecular complexity index is 777. The summed E-state index contributed by atoms with van der Waals surface area (Å²) >= 11 is 0. The lowest BCUT2D eigenvalue weighted by atomic mass is 9.71. The summed E-state index contributed by atoms with van der Waals surface area (Å²) in [4.78, 5) is 13.5. The van der Waals surface area contributed by atoms with Gasteiger partial charge in [0.25, 0.3) is 0 Å². The van der Waals surface area contributed by atoms with Crippen LogP contribution in [0.2, 0.25) is 0 Å². The predicted molar refractivity (Wildman–Crippen MR) is 88.4 cm³/mol. The molecule has 2 atom stereocenters. The van der Waals surface area contributed by atoms with Crippen LogP contribution in [0.5, 0.6) is 5.75 Å². The van der Waals surface area contributed by atoms with E-state index in [9.17, 15) is 10.0 Å². The lowest BCUT2D eigenvalue weighted by molar-refractivity contribution is 0.195. The standard InChI is InChI=1S/C18H19N3O2/c22-18-13(20-23)5-4-11-8-14-16-10(2-1-3-12(16)17(11)18)6-7-21(14)15-9-19-15/h3-5,14-15,19,22H,1-2,6-9H2. The Morgan fingerprint density at radius 1 is 1.30 bits per heavy atom. The van der Waals surface area contributed by atoms with E-state index in [1.165, 1.54) is 5.57 Å². The largest absolute Gasteiger partial charge is 0.505 e. The van der Waals surface area contributed by atoms with Gasteiger partial charge >= 0.3 is 0 Å². The van der Waals surface area contributed by atoms with E-state index in [0.717, 1.165) is 55.5 Å². The van der Waals surface area contributed by atoms with Crippen LogP contribution in [0.1, 0.15) is 30.4 Å². The van der Waals surface area contributed by atoms with Gasteiger partial charge in [-0.3, -0.25) is 10.2 Å². The van der Waals surface area contributed by atoms with Gasteiger partial charge in [-0.15, -0.1) is 4.91 Å². The van der Waals surface area contributed by atoms with E-state index in [0.29, 0.717) is 12.2 Å². The molecule has 2 heterocycles. The highest BCUT2D eigenvalue weighted by atomic mass is 16.3. The molecule has 5 nitrogen and oxygen atoms in total. The Balaban J connectivity index is 1.71. The molecule has 118 valence electrons. The molecule has 1 aromatic carbocycles. The number of hydrogen-bond donors (Lipinski definition) is 2. The van der Waals surface area contributed by atoms with Gasteiger partial charge in [-0.25, -0.2) is 0 Å². The average Bonchev–Trinajstić information content (AvgIpc) is 3.40. The molecule has 23 heavy (non-hydrogen) atoms. The Hall–Kier alpha value is -1.98. The van der Waals surface area contributed by atoms with Crippen molar-refractivity contribution in [3.05, 3.63) is 45.4 Å². The van der Waals surface area contributed by atoms with Crippen LogP contribution < -0.4 is 5.32 Å². The Morgan fingerprint density at radius 3 is 2.96 bits per heavy atom. The van der Waals surface area contributed by atoms with Crippen molar-refractivity contribution in [2.24, 2.45) is 5.18 Å². The maximum Gasteiger partial charge on any atom is 0.152 e. The minimum atomic E-state index is 0.0534. The first-order valence-electron chi connectivity index (χ1n) is 8.38. The molecule has 0 saturated carbocycles. The maximum absolute atomic E-state index is 11.0. The highest BCUT2D eigenvalue weighted by Crippen LogP contribution is 2.50. The van der Waals surface area contributed by atoms with E-state index < -0.39 is 0 Å². The van der Waals surface area contributed by atoms with Gasteiger partial charge in [-0.05, 0) is 53.6 Å². The molecular formula is C18H19N3O2. The zero-order valence-electron chi connectivity index (χ0n) is 12.9. The summed E-state index contributed by atoms with van der Waals surface area (Å²) in [6.45, 7) is 2.19. The molecule has 0 spiro atoms. The van der Waals surface area contributed by atoms with Gasteiger partial charge < -0.3 is 5.11 Å². The summed E-state index contributed by atoms with van der Waals surface area (Å²) in [7, 11) is 0. The molecule has 5 heteroatoms. The number of aromatic hydroxyl groups is 1. The topological polar surface area (TPSA) is 74.8 Å². The normalized spacial score (nSPS) is 28.8. The van der Waals surface area contributed by atoms with Crippen molar-refractivity contribution in [2.75, 3.05) is 13.1 Å². The number of nitroso groups, excluding NO2 is 1. The number of rotatable bonds is 2. The van der Waals surface area contributed by atoms with Crippen molar-refractivity contribution in [2.45, 2.75) is 37.9 Å². The van der Waals surface area contributed by atoms with Crippen LogP contribution in [0.15, 0.2) is 34.5 Å². The van der Waals surface area contributed by atoms with Gasteiger partial charge in [-0.1, -0.05) is 17.7 Å². The zero-order chi connectivity index (χ0) is 15.6. The molecule has 2 aliphatic heterocycles. The van der Waals surface area contributed by atoms with Gasteiger partial charge in [0.15, 0.2) is 5.75 Å². The maximum atomic E-state index is 11.0. The van der Waals surface area contributed by atoms with E-state index in [1.807, 2.05) is 6.07 Å². The third-order valence-electron chi connectivity index (χ3n) is 5.68. The van der Waals surface area contributed by atoms with E-state index >= 15 is 0 Å². The molecule has 0 bridgehead atoms. The summed E-state index contributed by atoms with van der Waals surface area (Å²) in [6, 6.07) is 4.00. The fourth-order valence-corrected chi connectivity index (χ4v) is 4.58. The van der Waals surface area contributed by atoms with Gasteiger partial charge in [0.1, 0.15) is 5.69 Å². The fourth-order valence-electron chi connectivity index (χ4n) is 4.58. The number of phenolic OH excluding ortho intramolecular Hbond substituents is 1. The highest BCUT2D eigenvalue weighted by molar-refractivity contribution is 5.90. The number of hydrogen-bond acceptors (Lipinski definition) is 5. The zero-order valence-corrected chi connectivity index (χ0v) is 12.9. The molecule has 2 unspecified atom stereocenters. The Morgan fingerprint density at radius 2 is 2.17 bits per heavy atom. The van der Waals surface area contributed by atoms with Crippen molar-refractivity contribution in [3.8, 4) is 5.75 Å². The molecule has 5 rings (SSSR count). The Labute approximate surface area is 134 Å². The van der Waals surface area contributed by atoms with Crippen LogP contribution in [-0.2, 0) is 6.42 Å². The Kier molecular flexibility index (Phi) is 2.78. The van der Waals surface area contributed by atoms with E-state index in [-0.39, 0.29) is 11.4 Å². The van der Waals surface area contributed by atoms with E-state index in [1.54, 1.807) is 11.6 Å². The molecule has 1 fully saturated rings. The number of phenols is 1. The quantitative estimate of drug-likeness (QED) is 0.651. The SMILES string of the molecule is O=Nc1ccc2c(c1O)C1=CCCC3=C1C(C2)N(C1CN1)CC3. The molecule has 0 aromatic heterocycles. The van der Waals surface area contributed by atoms with Crippen molar-refractivity contribution >= 4 is 11.3 Å². The molecule has 0 radical (unpaired) electrons. The van der Waals surface area contributed by atoms with Crippen molar-refractivity contribution in [1.82, 2.24) is 10.2 Å². The number of nitrogens with one attached hydrogen (secondary N) is 1. The molecule has 4 aliphatic rings. The number of allylic oxidation sites excluding steroid dienone is 1. The lowest BCUT2D eigenvalue weighted by Crippen LogP contribution is -2.47. The van der Waals surface area contributed by atoms with Gasteiger partial charge in [0, 0.05) is 24.7 Å². The summed E-state index contributed by atoms with van der Waals surface area (Å²) in [5, 5.41) is 17.0. The van der Waals surface area contributed by atoms with Crippen molar-refractivity contribution in [1.29, 1.82) is 0 Å². The molecule has 2 aliphatic carbocycles. The summed E-state index contributed by atoms with van der Waals surface area (Å²) in [6.07, 6.45) is 6.90. The summed E-state index contributed by atoms with van der Waals surface area (Å²) < 4.78 is 0. The third kappa shape index (κ3) is 1.87. The van der Waals surface area contributed by atoms with Crippen molar-refractivity contribution < 1.29 is 5.11 Å². The van der Waals surface area contributed by atoms with Crippen LogP contribution in [0.3, 0.4) is 0 Å². The van der Waals surface area contributed by atoms with E-state index in [4.69, 9.17) is 0 Å². The van der Waals surface area contributed by atoms with Crippen LogP contribution >= 0.6 is 0 Å². The smallest absolute Gasteiger partial charge is 0.152 e. The van der Waals surface area contributed by atoms with E-state index in [2.05, 4.69) is 21.5 Å².